The minimum Gasteiger partial charge on any atom is -0.497 e. The molecule has 0 saturated carbocycles. The van der Waals surface area contributed by atoms with Gasteiger partial charge in [-0.15, -0.1) is 0 Å². The monoisotopic (exact) mass is 288 g/mol. The van der Waals surface area contributed by atoms with Crippen LogP contribution >= 0.6 is 0 Å². The van der Waals surface area contributed by atoms with Crippen LogP contribution in [0.15, 0.2) is 47.1 Å². The quantitative estimate of drug-likeness (QED) is 0.796. The SMILES string of the molecule is COc1ccc(C[NH+]2CC[NH+](Cc3ccco3)CC2)cc1. The number of furan rings is 1. The fraction of sp³-hybridized carbons (Fsp3) is 0.412. The Labute approximate surface area is 125 Å². The lowest BCUT2D eigenvalue weighted by Gasteiger charge is -2.29. The largest absolute Gasteiger partial charge is 0.497 e. The third kappa shape index (κ3) is 3.86. The van der Waals surface area contributed by atoms with Crippen molar-refractivity contribution in [3.63, 3.8) is 0 Å². The predicted molar refractivity (Wildman–Crippen MR) is 80.5 cm³/mol. The number of hydrogen-bond acceptors (Lipinski definition) is 2. The molecule has 1 fully saturated rings. The van der Waals surface area contributed by atoms with E-state index in [1.54, 1.807) is 23.2 Å². The molecule has 0 radical (unpaired) electrons. The molecule has 0 atom stereocenters. The summed E-state index contributed by atoms with van der Waals surface area (Å²) in [5.74, 6) is 2.03. The first-order chi connectivity index (χ1) is 10.3. The van der Waals surface area contributed by atoms with Crippen molar-refractivity contribution in [3.05, 3.63) is 54.0 Å². The maximum Gasteiger partial charge on any atom is 0.157 e. The highest BCUT2D eigenvalue weighted by Gasteiger charge is 2.23. The average molecular weight is 288 g/mol. The molecule has 1 saturated heterocycles. The van der Waals surface area contributed by atoms with Gasteiger partial charge in [0.25, 0.3) is 0 Å². The van der Waals surface area contributed by atoms with Gasteiger partial charge in [-0.1, -0.05) is 0 Å². The van der Waals surface area contributed by atoms with Crippen LogP contribution in [-0.2, 0) is 13.1 Å². The molecule has 0 unspecified atom stereocenters. The zero-order chi connectivity index (χ0) is 14.5. The Balaban J connectivity index is 1.46. The Morgan fingerprint density at radius 3 is 2.19 bits per heavy atom. The Bertz CT molecular complexity index is 528. The van der Waals surface area contributed by atoms with Crippen molar-refractivity contribution >= 4 is 0 Å². The Kier molecular flexibility index (Phi) is 4.58. The van der Waals surface area contributed by atoms with Crippen LogP contribution in [-0.4, -0.2) is 33.3 Å². The molecule has 1 aromatic heterocycles. The number of hydrogen-bond donors (Lipinski definition) is 2. The second-order valence-electron chi connectivity index (χ2n) is 5.78. The second kappa shape index (κ2) is 6.78. The van der Waals surface area contributed by atoms with Gasteiger partial charge in [-0.3, -0.25) is 0 Å². The summed E-state index contributed by atoms with van der Waals surface area (Å²) in [6, 6.07) is 12.5. The number of quaternary nitrogens is 2. The summed E-state index contributed by atoms with van der Waals surface area (Å²) < 4.78 is 10.6. The number of rotatable bonds is 5. The van der Waals surface area contributed by atoms with Gasteiger partial charge in [0, 0.05) is 5.56 Å². The molecular formula is C17H24N2O2+2. The summed E-state index contributed by atoms with van der Waals surface area (Å²) in [6.45, 7) is 7.00. The van der Waals surface area contributed by atoms with Gasteiger partial charge in [-0.25, -0.2) is 0 Å². The van der Waals surface area contributed by atoms with Gasteiger partial charge < -0.3 is 19.0 Å². The standard InChI is InChI=1S/C17H22N2O2/c1-20-16-6-4-15(5-7-16)13-18-8-10-19(11-9-18)14-17-3-2-12-21-17/h2-7,12H,8-11,13-14H2,1H3/p+2. The number of ether oxygens (including phenoxy) is 1. The summed E-state index contributed by atoms with van der Waals surface area (Å²) in [6.07, 6.45) is 1.76. The highest BCUT2D eigenvalue weighted by Crippen LogP contribution is 2.10. The van der Waals surface area contributed by atoms with E-state index in [9.17, 15) is 0 Å². The van der Waals surface area contributed by atoms with Crippen molar-refractivity contribution in [1.29, 1.82) is 0 Å². The van der Waals surface area contributed by atoms with Crippen molar-refractivity contribution in [1.82, 2.24) is 0 Å². The summed E-state index contributed by atoms with van der Waals surface area (Å²) in [4.78, 5) is 3.30. The normalized spacial score (nSPS) is 22.1. The number of piperazine rings is 1. The van der Waals surface area contributed by atoms with E-state index in [2.05, 4.69) is 18.2 Å². The predicted octanol–water partition coefficient (Wildman–Crippen LogP) is -0.228. The molecule has 0 aliphatic carbocycles. The Morgan fingerprint density at radius 1 is 0.952 bits per heavy atom. The van der Waals surface area contributed by atoms with Crippen LogP contribution in [0.25, 0.3) is 0 Å². The van der Waals surface area contributed by atoms with Crippen LogP contribution in [0, 0.1) is 0 Å². The molecule has 21 heavy (non-hydrogen) atoms. The molecule has 3 rings (SSSR count). The maximum atomic E-state index is 5.44. The molecule has 1 aromatic carbocycles. The lowest BCUT2D eigenvalue weighted by Crippen LogP contribution is -3.27. The number of nitrogens with one attached hydrogen (secondary N) is 2. The molecule has 112 valence electrons. The van der Waals surface area contributed by atoms with E-state index in [4.69, 9.17) is 9.15 Å². The smallest absolute Gasteiger partial charge is 0.157 e. The highest BCUT2D eigenvalue weighted by atomic mass is 16.5. The van der Waals surface area contributed by atoms with Crippen molar-refractivity contribution in [3.8, 4) is 5.75 Å². The first kappa shape index (κ1) is 14.2. The lowest BCUT2D eigenvalue weighted by atomic mass is 10.2. The summed E-state index contributed by atoms with van der Waals surface area (Å²) >= 11 is 0. The van der Waals surface area contributed by atoms with E-state index in [1.807, 2.05) is 18.2 Å². The molecule has 2 N–H and O–H groups in total. The zero-order valence-electron chi connectivity index (χ0n) is 12.6. The van der Waals surface area contributed by atoms with Gasteiger partial charge in [-0.2, -0.15) is 0 Å². The molecule has 2 aromatic rings. The maximum absolute atomic E-state index is 5.44. The van der Waals surface area contributed by atoms with E-state index in [-0.39, 0.29) is 0 Å². The lowest BCUT2D eigenvalue weighted by molar-refractivity contribution is -1.02. The molecule has 4 nitrogen and oxygen atoms in total. The van der Waals surface area contributed by atoms with Crippen LogP contribution in [0.5, 0.6) is 5.75 Å². The van der Waals surface area contributed by atoms with E-state index < -0.39 is 0 Å². The first-order valence-corrected chi connectivity index (χ1v) is 7.66. The molecular weight excluding hydrogens is 264 g/mol. The summed E-state index contributed by atoms with van der Waals surface area (Å²) in [5.41, 5.74) is 1.39. The third-order valence-corrected chi connectivity index (χ3v) is 4.28. The molecule has 4 heteroatoms. The highest BCUT2D eigenvalue weighted by molar-refractivity contribution is 5.26. The Hall–Kier alpha value is -1.78. The Morgan fingerprint density at radius 2 is 1.62 bits per heavy atom. The molecule has 0 bridgehead atoms. The van der Waals surface area contributed by atoms with Crippen molar-refractivity contribution in [2.45, 2.75) is 13.1 Å². The van der Waals surface area contributed by atoms with Crippen LogP contribution in [0.2, 0.25) is 0 Å². The average Bonchev–Trinajstić information content (AvgIpc) is 3.03. The zero-order valence-corrected chi connectivity index (χ0v) is 12.6. The van der Waals surface area contributed by atoms with Crippen LogP contribution in [0.4, 0.5) is 0 Å². The van der Waals surface area contributed by atoms with Crippen LogP contribution in [0.1, 0.15) is 11.3 Å². The topological polar surface area (TPSA) is 31.3 Å². The van der Waals surface area contributed by atoms with Gasteiger partial charge in [0.2, 0.25) is 0 Å². The van der Waals surface area contributed by atoms with Gasteiger partial charge >= 0.3 is 0 Å². The van der Waals surface area contributed by atoms with E-state index in [0.717, 1.165) is 24.6 Å². The van der Waals surface area contributed by atoms with Crippen LogP contribution < -0.4 is 14.5 Å². The summed E-state index contributed by atoms with van der Waals surface area (Å²) in [5, 5.41) is 0. The van der Waals surface area contributed by atoms with Gasteiger partial charge in [-0.05, 0) is 36.4 Å². The molecule has 1 aliphatic rings. The van der Waals surface area contributed by atoms with Crippen molar-refractivity contribution in [2.24, 2.45) is 0 Å². The van der Waals surface area contributed by atoms with E-state index in [0.29, 0.717) is 0 Å². The van der Waals surface area contributed by atoms with Crippen molar-refractivity contribution < 1.29 is 19.0 Å². The molecule has 1 aliphatic heterocycles. The van der Waals surface area contributed by atoms with Crippen LogP contribution in [0.3, 0.4) is 0 Å². The van der Waals surface area contributed by atoms with Gasteiger partial charge in [0.1, 0.15) is 45.0 Å². The first-order valence-electron chi connectivity index (χ1n) is 7.66. The van der Waals surface area contributed by atoms with Gasteiger partial charge in [0.15, 0.2) is 5.76 Å². The number of methoxy groups -OCH3 is 1. The van der Waals surface area contributed by atoms with E-state index >= 15 is 0 Å². The molecule has 0 spiro atoms. The van der Waals surface area contributed by atoms with Gasteiger partial charge in [0.05, 0.1) is 13.4 Å². The second-order valence-corrected chi connectivity index (χ2v) is 5.78. The molecule has 0 amide bonds. The third-order valence-electron chi connectivity index (χ3n) is 4.28. The fourth-order valence-corrected chi connectivity index (χ4v) is 3.00. The van der Waals surface area contributed by atoms with E-state index in [1.165, 1.54) is 31.7 Å². The number of benzene rings is 1. The van der Waals surface area contributed by atoms with Crippen molar-refractivity contribution in [2.75, 3.05) is 33.3 Å². The molecule has 2 heterocycles. The summed E-state index contributed by atoms with van der Waals surface area (Å²) in [7, 11) is 1.71. The minimum atomic E-state index is 0.932. The minimum absolute atomic E-state index is 0.932. The fourth-order valence-electron chi connectivity index (χ4n) is 3.00.